The number of pyridine rings is 1. The maximum absolute atomic E-state index is 11.9. The van der Waals surface area contributed by atoms with E-state index in [1.165, 1.54) is 0 Å². The molecule has 1 amide bonds. The van der Waals surface area contributed by atoms with Crippen LogP contribution in [0, 0.1) is 13.8 Å². The fraction of sp³-hybridized carbons (Fsp3) is 0.500. The van der Waals surface area contributed by atoms with E-state index in [0.29, 0.717) is 31.4 Å². The number of benzene rings is 1. The first-order valence-electron chi connectivity index (χ1n) is 11.8. The number of carbonyl (C=O) groups is 1. The molecule has 0 aliphatic carbocycles. The number of alkyl carbamates (subject to hydrolysis) is 1. The lowest BCUT2D eigenvalue weighted by Gasteiger charge is -2.19. The quantitative estimate of drug-likeness (QED) is 0.385. The molecule has 0 aliphatic heterocycles. The minimum absolute atomic E-state index is 0.391. The molecule has 0 atom stereocenters. The van der Waals surface area contributed by atoms with E-state index in [9.17, 15) is 4.79 Å². The van der Waals surface area contributed by atoms with Gasteiger partial charge in [0, 0.05) is 25.4 Å². The molecule has 0 saturated carbocycles. The molecule has 1 aromatic carbocycles. The zero-order chi connectivity index (χ0) is 24.7. The summed E-state index contributed by atoms with van der Waals surface area (Å²) in [6.07, 6.45) is 1.28. The van der Waals surface area contributed by atoms with Gasteiger partial charge in [-0.05, 0) is 72.1 Å². The van der Waals surface area contributed by atoms with Crippen LogP contribution in [0.5, 0.6) is 11.6 Å². The van der Waals surface area contributed by atoms with Gasteiger partial charge in [0.2, 0.25) is 5.88 Å². The SMILES string of the molecule is CCOCc1nc2c(Oc3ccccc3)nc(C)c(C)c2n1CCCCNC(=O)OC(C)(C)C. The van der Waals surface area contributed by atoms with Crippen molar-refractivity contribution in [2.24, 2.45) is 0 Å². The van der Waals surface area contributed by atoms with E-state index in [2.05, 4.69) is 21.8 Å². The number of hydrogen-bond donors (Lipinski definition) is 1. The van der Waals surface area contributed by atoms with Crippen LogP contribution in [0.3, 0.4) is 0 Å². The Kier molecular flexibility index (Phi) is 8.50. The standard InChI is InChI=1S/C26H36N4O4/c1-7-32-17-21-29-22-23(30(21)16-12-11-15-27-25(31)34-26(4,5)6)18(2)19(3)28-24(22)33-20-13-9-8-10-14-20/h8-10,13-14H,7,11-12,15-17H2,1-6H3,(H,27,31). The monoisotopic (exact) mass is 468 g/mol. The summed E-state index contributed by atoms with van der Waals surface area (Å²) in [5, 5.41) is 2.82. The molecule has 3 aromatic rings. The highest BCUT2D eigenvalue weighted by Crippen LogP contribution is 2.32. The Balaban J connectivity index is 1.81. The van der Waals surface area contributed by atoms with Gasteiger partial charge in [0.25, 0.3) is 0 Å². The summed E-state index contributed by atoms with van der Waals surface area (Å²) in [5.74, 6) is 2.05. The summed E-state index contributed by atoms with van der Waals surface area (Å²) in [6.45, 7) is 13.9. The first-order chi connectivity index (χ1) is 16.2. The zero-order valence-electron chi connectivity index (χ0n) is 21.1. The lowest BCUT2D eigenvalue weighted by molar-refractivity contribution is 0.0527. The lowest BCUT2D eigenvalue weighted by atomic mass is 10.2. The van der Waals surface area contributed by atoms with E-state index >= 15 is 0 Å². The molecule has 34 heavy (non-hydrogen) atoms. The minimum atomic E-state index is -0.503. The van der Waals surface area contributed by atoms with Crippen molar-refractivity contribution in [2.75, 3.05) is 13.2 Å². The van der Waals surface area contributed by atoms with Crippen LogP contribution in [-0.4, -0.2) is 39.4 Å². The third-order valence-electron chi connectivity index (χ3n) is 5.29. The molecule has 0 saturated heterocycles. The molecule has 0 fully saturated rings. The Morgan fingerprint density at radius 3 is 2.50 bits per heavy atom. The predicted molar refractivity (Wildman–Crippen MR) is 132 cm³/mol. The molecule has 0 unspecified atom stereocenters. The molecule has 2 aromatic heterocycles. The molecule has 0 spiro atoms. The summed E-state index contributed by atoms with van der Waals surface area (Å²) in [6, 6.07) is 9.61. The molecule has 184 valence electrons. The molecule has 8 nitrogen and oxygen atoms in total. The number of fused-ring (bicyclic) bond motifs is 1. The maximum Gasteiger partial charge on any atom is 0.407 e. The predicted octanol–water partition coefficient (Wildman–Crippen LogP) is 5.68. The summed E-state index contributed by atoms with van der Waals surface area (Å²) < 4.78 is 19.3. The van der Waals surface area contributed by atoms with Crippen LogP contribution >= 0.6 is 0 Å². The van der Waals surface area contributed by atoms with E-state index in [0.717, 1.165) is 47.5 Å². The molecule has 8 heteroatoms. The number of nitrogens with zero attached hydrogens (tertiary/aromatic N) is 3. The summed E-state index contributed by atoms with van der Waals surface area (Å²) in [4.78, 5) is 21.4. The first-order valence-corrected chi connectivity index (χ1v) is 11.8. The summed E-state index contributed by atoms with van der Waals surface area (Å²) >= 11 is 0. The van der Waals surface area contributed by atoms with Crippen LogP contribution in [0.4, 0.5) is 4.79 Å². The van der Waals surface area contributed by atoms with Crippen molar-refractivity contribution in [1.82, 2.24) is 19.9 Å². The number of aromatic nitrogens is 3. The number of hydrogen-bond acceptors (Lipinski definition) is 6. The largest absolute Gasteiger partial charge is 0.444 e. The normalized spacial score (nSPS) is 11.6. The Morgan fingerprint density at radius 2 is 1.82 bits per heavy atom. The van der Waals surface area contributed by atoms with Crippen molar-refractivity contribution in [3.63, 3.8) is 0 Å². The van der Waals surface area contributed by atoms with Gasteiger partial charge in [-0.25, -0.2) is 14.8 Å². The van der Waals surface area contributed by atoms with Crippen LogP contribution in [-0.2, 0) is 22.6 Å². The van der Waals surface area contributed by atoms with Crippen LogP contribution in [0.15, 0.2) is 30.3 Å². The average molecular weight is 469 g/mol. The zero-order valence-corrected chi connectivity index (χ0v) is 21.1. The highest BCUT2D eigenvalue weighted by molar-refractivity contribution is 5.85. The summed E-state index contributed by atoms with van der Waals surface area (Å²) in [7, 11) is 0. The van der Waals surface area contributed by atoms with Gasteiger partial charge in [-0.15, -0.1) is 0 Å². The Morgan fingerprint density at radius 1 is 1.09 bits per heavy atom. The molecule has 3 rings (SSSR count). The van der Waals surface area contributed by atoms with Gasteiger partial charge in [0.15, 0.2) is 5.52 Å². The second kappa shape index (κ2) is 11.3. The van der Waals surface area contributed by atoms with Gasteiger partial charge >= 0.3 is 6.09 Å². The van der Waals surface area contributed by atoms with Gasteiger partial charge in [0.05, 0.1) is 5.52 Å². The van der Waals surface area contributed by atoms with Crippen LogP contribution in [0.25, 0.3) is 11.0 Å². The highest BCUT2D eigenvalue weighted by Gasteiger charge is 2.20. The van der Waals surface area contributed by atoms with Gasteiger partial charge in [-0.3, -0.25) is 0 Å². The first kappa shape index (κ1) is 25.5. The molecule has 0 bridgehead atoms. The minimum Gasteiger partial charge on any atom is -0.444 e. The van der Waals surface area contributed by atoms with Gasteiger partial charge in [-0.2, -0.15) is 0 Å². The number of carbonyl (C=O) groups excluding carboxylic acids is 1. The van der Waals surface area contributed by atoms with Crippen molar-refractivity contribution in [3.05, 3.63) is 47.4 Å². The second-order valence-electron chi connectivity index (χ2n) is 9.19. The number of para-hydroxylation sites is 1. The van der Waals surface area contributed by atoms with Crippen molar-refractivity contribution in [1.29, 1.82) is 0 Å². The summed E-state index contributed by atoms with van der Waals surface area (Å²) in [5.41, 5.74) is 3.20. The van der Waals surface area contributed by atoms with Crippen LogP contribution in [0.1, 0.15) is 57.6 Å². The Hall–Kier alpha value is -3.13. The molecular formula is C26H36N4O4. The van der Waals surface area contributed by atoms with Crippen molar-refractivity contribution in [3.8, 4) is 11.6 Å². The number of aryl methyl sites for hydroxylation is 3. The van der Waals surface area contributed by atoms with E-state index in [-0.39, 0.29) is 0 Å². The van der Waals surface area contributed by atoms with Gasteiger partial charge in [-0.1, -0.05) is 18.2 Å². The fourth-order valence-corrected chi connectivity index (χ4v) is 3.60. The Bertz CT molecular complexity index is 1100. The molecule has 1 N–H and O–H groups in total. The number of imidazole rings is 1. The van der Waals surface area contributed by atoms with Crippen LogP contribution < -0.4 is 10.1 Å². The third kappa shape index (κ3) is 6.70. The number of amides is 1. The smallest absolute Gasteiger partial charge is 0.407 e. The third-order valence-corrected chi connectivity index (χ3v) is 5.29. The number of unbranched alkanes of at least 4 members (excludes halogenated alkanes) is 1. The van der Waals surface area contributed by atoms with E-state index < -0.39 is 11.7 Å². The number of ether oxygens (including phenoxy) is 3. The van der Waals surface area contributed by atoms with Gasteiger partial charge in [0.1, 0.15) is 23.8 Å². The topological polar surface area (TPSA) is 87.5 Å². The van der Waals surface area contributed by atoms with Crippen molar-refractivity contribution >= 4 is 17.1 Å². The Labute approximate surface area is 201 Å². The van der Waals surface area contributed by atoms with Crippen LogP contribution in [0.2, 0.25) is 0 Å². The second-order valence-corrected chi connectivity index (χ2v) is 9.19. The molecular weight excluding hydrogens is 432 g/mol. The average Bonchev–Trinajstić information content (AvgIpc) is 3.14. The lowest BCUT2D eigenvalue weighted by Crippen LogP contribution is -2.33. The molecule has 2 heterocycles. The van der Waals surface area contributed by atoms with E-state index in [1.807, 2.05) is 65.0 Å². The van der Waals surface area contributed by atoms with Gasteiger partial charge < -0.3 is 24.1 Å². The van der Waals surface area contributed by atoms with Crippen molar-refractivity contribution < 1.29 is 19.0 Å². The highest BCUT2D eigenvalue weighted by atomic mass is 16.6. The molecule has 0 radical (unpaired) electrons. The van der Waals surface area contributed by atoms with E-state index in [1.54, 1.807) is 0 Å². The maximum atomic E-state index is 11.9. The fourth-order valence-electron chi connectivity index (χ4n) is 3.60. The number of rotatable bonds is 10. The number of nitrogens with one attached hydrogen (secondary N) is 1. The van der Waals surface area contributed by atoms with Crippen molar-refractivity contribution in [2.45, 2.75) is 73.1 Å². The molecule has 0 aliphatic rings. The van der Waals surface area contributed by atoms with E-state index in [4.69, 9.17) is 19.2 Å².